The summed E-state index contributed by atoms with van der Waals surface area (Å²) < 4.78 is 10.4. The van der Waals surface area contributed by atoms with Crippen LogP contribution in [-0.2, 0) is 41.9 Å². The zero-order chi connectivity index (χ0) is 25.2. The standard InChI is InChI=1S/C20H19NO5.C5H7NO3.HI/c22-18-12-11-17(19(23)25-13-15-7-3-1-4-8-15)21(18)20(24)26-14-16-9-5-2-6-10-16;7-4-2-1-3(6-4)5(8)9;/h1-10,17H,11-14H2;3H,1-2H2,(H,6,7)(H,8,9);1H/p-1/t17-;3-;/m00./s1. The molecule has 0 aliphatic carbocycles. The number of carbonyl (C=O) groups excluding carboxylic acids is 4. The molecule has 2 fully saturated rings. The highest BCUT2D eigenvalue weighted by molar-refractivity contribution is 5.99. The average Bonchev–Trinajstić information content (AvgIpc) is 3.48. The number of ether oxygens (including phenoxy) is 2. The topological polar surface area (TPSA) is 139 Å². The lowest BCUT2D eigenvalue weighted by Crippen LogP contribution is -3.00. The number of imide groups is 1. The number of benzene rings is 2. The first kappa shape index (κ1) is 28.8. The number of esters is 1. The summed E-state index contributed by atoms with van der Waals surface area (Å²) in [7, 11) is 0. The molecule has 2 atom stereocenters. The normalized spacial score (nSPS) is 18.3. The summed E-state index contributed by atoms with van der Waals surface area (Å²) in [5.74, 6) is -2.13. The summed E-state index contributed by atoms with van der Waals surface area (Å²) in [6.07, 6.45) is 0.307. The minimum atomic E-state index is -0.944. The average molecular weight is 609 g/mol. The molecular formula is C25H26IN2O8-. The van der Waals surface area contributed by atoms with Crippen molar-refractivity contribution < 1.29 is 62.5 Å². The first-order valence-corrected chi connectivity index (χ1v) is 11.1. The maximum Gasteiger partial charge on any atom is 0.417 e. The lowest BCUT2D eigenvalue weighted by molar-refractivity contribution is -0.152. The van der Waals surface area contributed by atoms with Crippen LogP contribution in [0.2, 0.25) is 0 Å². The molecule has 2 aromatic carbocycles. The number of hydrogen-bond donors (Lipinski definition) is 2. The van der Waals surface area contributed by atoms with Crippen LogP contribution in [0.5, 0.6) is 0 Å². The van der Waals surface area contributed by atoms with Crippen LogP contribution in [0.1, 0.15) is 36.8 Å². The molecule has 4 rings (SSSR count). The largest absolute Gasteiger partial charge is 1.00 e. The van der Waals surface area contributed by atoms with E-state index in [2.05, 4.69) is 5.32 Å². The minimum absolute atomic E-state index is 0. The maximum atomic E-state index is 12.3. The van der Waals surface area contributed by atoms with Crippen LogP contribution in [0.4, 0.5) is 4.79 Å². The number of nitrogens with zero attached hydrogens (tertiary/aromatic N) is 1. The van der Waals surface area contributed by atoms with Crippen molar-refractivity contribution in [1.82, 2.24) is 10.2 Å². The molecule has 2 heterocycles. The molecule has 0 radical (unpaired) electrons. The molecule has 0 saturated carbocycles. The fraction of sp³-hybridized carbons (Fsp3) is 0.320. The van der Waals surface area contributed by atoms with Crippen molar-refractivity contribution >= 4 is 29.8 Å². The second-order valence-electron chi connectivity index (χ2n) is 7.95. The molecule has 0 spiro atoms. The van der Waals surface area contributed by atoms with Crippen LogP contribution >= 0.6 is 0 Å². The quantitative estimate of drug-likeness (QED) is 0.328. The van der Waals surface area contributed by atoms with E-state index < -0.39 is 36.0 Å². The van der Waals surface area contributed by atoms with Crippen LogP contribution in [0, 0.1) is 0 Å². The highest BCUT2D eigenvalue weighted by atomic mass is 127. The Morgan fingerprint density at radius 3 is 1.89 bits per heavy atom. The third-order valence-electron chi connectivity index (χ3n) is 5.40. The lowest BCUT2D eigenvalue weighted by atomic mass is 10.2. The number of halogens is 1. The Bertz CT molecular complexity index is 1060. The number of hydrogen-bond acceptors (Lipinski definition) is 7. The molecule has 2 aliphatic heterocycles. The number of aliphatic carboxylic acids is 1. The van der Waals surface area contributed by atoms with Gasteiger partial charge in [-0.1, -0.05) is 60.7 Å². The molecule has 2 saturated heterocycles. The summed E-state index contributed by atoms with van der Waals surface area (Å²) in [4.78, 5) is 58.0. The summed E-state index contributed by atoms with van der Waals surface area (Å²) in [5.41, 5.74) is 1.64. The van der Waals surface area contributed by atoms with Crippen molar-refractivity contribution in [2.75, 3.05) is 0 Å². The van der Waals surface area contributed by atoms with E-state index in [9.17, 15) is 24.0 Å². The molecule has 0 aromatic heterocycles. The maximum absolute atomic E-state index is 12.3. The van der Waals surface area contributed by atoms with Gasteiger partial charge in [0, 0.05) is 12.8 Å². The van der Waals surface area contributed by atoms with Gasteiger partial charge in [-0.25, -0.2) is 19.3 Å². The fourth-order valence-corrected chi connectivity index (χ4v) is 3.55. The zero-order valence-corrected chi connectivity index (χ0v) is 21.5. The second-order valence-corrected chi connectivity index (χ2v) is 7.95. The number of carboxylic acid groups (broad SMARTS) is 1. The Labute approximate surface area is 225 Å². The molecule has 11 heteroatoms. The van der Waals surface area contributed by atoms with Gasteiger partial charge in [0.25, 0.3) is 0 Å². The Kier molecular flexibility index (Phi) is 11.3. The van der Waals surface area contributed by atoms with E-state index in [1.54, 1.807) is 0 Å². The van der Waals surface area contributed by atoms with Crippen LogP contribution in [0.25, 0.3) is 0 Å². The van der Waals surface area contributed by atoms with E-state index >= 15 is 0 Å². The Hall–Kier alpha value is -3.48. The van der Waals surface area contributed by atoms with Crippen molar-refractivity contribution in [3.63, 3.8) is 0 Å². The monoisotopic (exact) mass is 609 g/mol. The summed E-state index contributed by atoms with van der Waals surface area (Å²) in [5, 5.41) is 10.6. The number of amides is 3. The van der Waals surface area contributed by atoms with E-state index in [1.807, 2.05) is 60.7 Å². The van der Waals surface area contributed by atoms with Gasteiger partial charge in [0.2, 0.25) is 11.8 Å². The molecule has 0 bridgehead atoms. The van der Waals surface area contributed by atoms with E-state index in [-0.39, 0.29) is 55.9 Å². The van der Waals surface area contributed by atoms with Gasteiger partial charge in [-0.2, -0.15) is 0 Å². The smallest absolute Gasteiger partial charge is 0.417 e. The molecule has 2 aliphatic rings. The Morgan fingerprint density at radius 2 is 1.42 bits per heavy atom. The molecule has 192 valence electrons. The summed E-state index contributed by atoms with van der Waals surface area (Å²) in [6, 6.07) is 16.8. The number of rotatable bonds is 6. The van der Waals surface area contributed by atoms with Gasteiger partial charge in [-0.05, 0) is 24.0 Å². The molecular weight excluding hydrogens is 583 g/mol. The van der Waals surface area contributed by atoms with Crippen molar-refractivity contribution in [2.45, 2.75) is 51.0 Å². The third-order valence-corrected chi connectivity index (χ3v) is 5.40. The Balaban J connectivity index is 0.000000386. The highest BCUT2D eigenvalue weighted by Gasteiger charge is 2.42. The number of likely N-dealkylation sites (tertiary alicyclic amines) is 1. The first-order chi connectivity index (χ1) is 16.8. The number of carbonyl (C=O) groups is 5. The van der Waals surface area contributed by atoms with Gasteiger partial charge in [0.1, 0.15) is 25.3 Å². The predicted molar refractivity (Wildman–Crippen MR) is 122 cm³/mol. The first-order valence-electron chi connectivity index (χ1n) is 11.1. The molecule has 2 aromatic rings. The van der Waals surface area contributed by atoms with Crippen molar-refractivity contribution in [2.24, 2.45) is 0 Å². The van der Waals surface area contributed by atoms with Crippen LogP contribution in [-0.4, -0.2) is 51.9 Å². The molecule has 3 amide bonds. The van der Waals surface area contributed by atoms with Crippen LogP contribution in [0.15, 0.2) is 60.7 Å². The molecule has 2 N–H and O–H groups in total. The van der Waals surface area contributed by atoms with Crippen molar-refractivity contribution in [3.05, 3.63) is 71.8 Å². The highest BCUT2D eigenvalue weighted by Crippen LogP contribution is 2.22. The second kappa shape index (κ2) is 14.2. The SMILES string of the molecule is O=C(OCc1ccccc1)[C@@H]1CCC(=O)N1C(=O)OCc1ccccc1.O=C1CC[C@@H](C(=O)O)N1.[I-]. The predicted octanol–water partition coefficient (Wildman–Crippen LogP) is -0.589. The van der Waals surface area contributed by atoms with Gasteiger partial charge in [-0.3, -0.25) is 9.59 Å². The van der Waals surface area contributed by atoms with Crippen LogP contribution < -0.4 is 29.3 Å². The minimum Gasteiger partial charge on any atom is -1.00 e. The van der Waals surface area contributed by atoms with Crippen molar-refractivity contribution in [1.29, 1.82) is 0 Å². The van der Waals surface area contributed by atoms with E-state index in [1.165, 1.54) is 0 Å². The van der Waals surface area contributed by atoms with Gasteiger partial charge in [-0.15, -0.1) is 0 Å². The molecule has 0 unspecified atom stereocenters. The molecule has 10 nitrogen and oxygen atoms in total. The summed E-state index contributed by atoms with van der Waals surface area (Å²) in [6.45, 7) is 0.131. The van der Waals surface area contributed by atoms with Crippen LogP contribution in [0.3, 0.4) is 0 Å². The number of carboxylic acids is 1. The van der Waals surface area contributed by atoms with E-state index in [4.69, 9.17) is 14.6 Å². The van der Waals surface area contributed by atoms with E-state index in [0.29, 0.717) is 12.8 Å². The molecule has 36 heavy (non-hydrogen) atoms. The zero-order valence-electron chi connectivity index (χ0n) is 19.3. The number of nitrogens with one attached hydrogen (secondary N) is 1. The van der Waals surface area contributed by atoms with E-state index in [0.717, 1.165) is 16.0 Å². The lowest BCUT2D eigenvalue weighted by Gasteiger charge is -2.21. The Morgan fingerprint density at radius 1 is 0.861 bits per heavy atom. The van der Waals surface area contributed by atoms with Gasteiger partial charge in [0.15, 0.2) is 0 Å². The van der Waals surface area contributed by atoms with Gasteiger partial charge in [0.05, 0.1) is 0 Å². The van der Waals surface area contributed by atoms with Gasteiger partial charge >= 0.3 is 18.0 Å². The van der Waals surface area contributed by atoms with Crippen molar-refractivity contribution in [3.8, 4) is 0 Å². The summed E-state index contributed by atoms with van der Waals surface area (Å²) >= 11 is 0. The fourth-order valence-electron chi connectivity index (χ4n) is 3.55. The third kappa shape index (κ3) is 8.33. The van der Waals surface area contributed by atoms with Gasteiger partial charge < -0.3 is 43.9 Å².